The van der Waals surface area contributed by atoms with Crippen molar-refractivity contribution in [1.82, 2.24) is 0 Å². The van der Waals surface area contributed by atoms with Crippen LogP contribution in [0.5, 0.6) is 0 Å². The van der Waals surface area contributed by atoms with Crippen molar-refractivity contribution in [3.8, 4) is 0 Å². The molecule has 1 saturated carbocycles. The van der Waals surface area contributed by atoms with Crippen molar-refractivity contribution in [2.45, 2.75) is 37.4 Å². The molecule has 3 aliphatic rings. The zero-order valence-corrected chi connectivity index (χ0v) is 7.40. The lowest BCUT2D eigenvalue weighted by molar-refractivity contribution is -0.226. The van der Waals surface area contributed by atoms with Crippen molar-refractivity contribution in [1.29, 1.82) is 0 Å². The molecule has 2 aliphatic heterocycles. The summed E-state index contributed by atoms with van der Waals surface area (Å²) >= 11 is 0. The minimum atomic E-state index is -1.29. The first kappa shape index (κ1) is 8.97. The van der Waals surface area contributed by atoms with Crippen LogP contribution >= 0.6 is 0 Å². The molecule has 1 aliphatic carbocycles. The average Bonchev–Trinajstić information content (AvgIpc) is 2.19. The van der Waals surface area contributed by atoms with Crippen LogP contribution in [-0.2, 0) is 9.53 Å². The number of carbonyl (C=O) groups is 1. The second-order valence-electron chi connectivity index (χ2n) is 3.94. The topological polar surface area (TPSA) is 66.8 Å². The van der Waals surface area contributed by atoms with Crippen molar-refractivity contribution < 1.29 is 19.7 Å². The van der Waals surface area contributed by atoms with Gasteiger partial charge >= 0.3 is 5.97 Å². The highest BCUT2D eigenvalue weighted by molar-refractivity contribution is 5.78. The first-order chi connectivity index (χ1) is 6.19. The van der Waals surface area contributed by atoms with Gasteiger partial charge in [0, 0.05) is 5.92 Å². The number of rotatable bonds is 2. The summed E-state index contributed by atoms with van der Waals surface area (Å²) in [4.78, 5) is 11.0. The first-order valence-corrected chi connectivity index (χ1v) is 4.71. The van der Waals surface area contributed by atoms with Gasteiger partial charge in [0.05, 0.1) is 12.7 Å². The van der Waals surface area contributed by atoms with Crippen LogP contribution in [0.2, 0.25) is 0 Å². The second-order valence-corrected chi connectivity index (χ2v) is 3.94. The fraction of sp³-hybridized carbons (Fsp3) is 0.889. The van der Waals surface area contributed by atoms with Gasteiger partial charge in [-0.25, -0.2) is 4.79 Å². The van der Waals surface area contributed by atoms with Crippen molar-refractivity contribution in [2.24, 2.45) is 5.92 Å². The predicted molar refractivity (Wildman–Crippen MR) is 44.3 cm³/mol. The predicted octanol–water partition coefficient (Wildman–Crippen LogP) is 0.391. The van der Waals surface area contributed by atoms with E-state index in [0.29, 0.717) is 0 Å². The van der Waals surface area contributed by atoms with Crippen molar-refractivity contribution in [2.75, 3.05) is 6.61 Å². The van der Waals surface area contributed by atoms with E-state index in [1.54, 1.807) is 0 Å². The summed E-state index contributed by atoms with van der Waals surface area (Å²) in [5.74, 6) is -1.01. The maximum Gasteiger partial charge on any atom is 0.338 e. The van der Waals surface area contributed by atoms with Gasteiger partial charge in [-0.15, -0.1) is 0 Å². The van der Waals surface area contributed by atoms with Gasteiger partial charge in [-0.05, 0) is 25.7 Å². The van der Waals surface area contributed by atoms with E-state index in [9.17, 15) is 4.79 Å². The molecule has 2 N–H and O–H groups in total. The summed E-state index contributed by atoms with van der Waals surface area (Å²) in [6, 6.07) is 0. The monoisotopic (exact) mass is 186 g/mol. The third-order valence-corrected chi connectivity index (χ3v) is 3.31. The summed E-state index contributed by atoms with van der Waals surface area (Å²) in [6.07, 6.45) is 3.68. The third-order valence-electron chi connectivity index (χ3n) is 3.31. The van der Waals surface area contributed by atoms with Crippen molar-refractivity contribution in [3.05, 3.63) is 0 Å². The fourth-order valence-electron chi connectivity index (χ4n) is 2.50. The van der Waals surface area contributed by atoms with Crippen LogP contribution in [0.1, 0.15) is 25.7 Å². The summed E-state index contributed by atoms with van der Waals surface area (Å²) in [5.41, 5.74) is -1.29. The minimum absolute atomic E-state index is 0.000000000000000444. The standard InChI is InChI=1S/C9H14O4/c10-5-9(8(11)12)6-1-3-7(13-9)4-2-6/h6-7,10H,1-5H2,(H,11,12). The zero-order chi connectivity index (χ0) is 9.47. The summed E-state index contributed by atoms with van der Waals surface area (Å²) in [5, 5.41) is 18.2. The molecule has 2 saturated heterocycles. The highest BCUT2D eigenvalue weighted by Crippen LogP contribution is 2.43. The molecule has 0 aromatic carbocycles. The Hall–Kier alpha value is -0.610. The molecular weight excluding hydrogens is 172 g/mol. The lowest BCUT2D eigenvalue weighted by Crippen LogP contribution is -2.59. The Balaban J connectivity index is 2.25. The van der Waals surface area contributed by atoms with Crippen LogP contribution < -0.4 is 0 Å². The second kappa shape index (κ2) is 2.96. The third kappa shape index (κ3) is 1.16. The van der Waals surface area contributed by atoms with Crippen LogP contribution in [0.3, 0.4) is 0 Å². The Morgan fingerprint density at radius 1 is 1.38 bits per heavy atom. The van der Waals surface area contributed by atoms with Crippen molar-refractivity contribution >= 4 is 5.97 Å². The molecule has 0 radical (unpaired) electrons. The highest BCUT2D eigenvalue weighted by atomic mass is 16.5. The number of aliphatic hydroxyl groups is 1. The minimum Gasteiger partial charge on any atom is -0.479 e. The molecule has 0 amide bonds. The number of aliphatic hydroxyl groups excluding tert-OH is 1. The lowest BCUT2D eigenvalue weighted by Gasteiger charge is -2.48. The fourth-order valence-corrected chi connectivity index (χ4v) is 2.50. The van der Waals surface area contributed by atoms with Crippen molar-refractivity contribution in [3.63, 3.8) is 0 Å². The van der Waals surface area contributed by atoms with E-state index < -0.39 is 18.2 Å². The molecule has 2 bridgehead atoms. The number of fused-ring (bicyclic) bond motifs is 3. The largest absolute Gasteiger partial charge is 0.479 e. The van der Waals surface area contributed by atoms with Crippen LogP contribution in [0.4, 0.5) is 0 Å². The molecule has 1 atom stereocenters. The van der Waals surface area contributed by atoms with Gasteiger partial charge in [-0.3, -0.25) is 0 Å². The Kier molecular flexibility index (Phi) is 2.04. The molecule has 0 aromatic rings. The van der Waals surface area contributed by atoms with E-state index in [2.05, 4.69) is 0 Å². The zero-order valence-electron chi connectivity index (χ0n) is 7.40. The van der Waals surface area contributed by atoms with Crippen LogP contribution in [0.25, 0.3) is 0 Å². The lowest BCUT2D eigenvalue weighted by atomic mass is 9.72. The Morgan fingerprint density at radius 3 is 2.23 bits per heavy atom. The van der Waals surface area contributed by atoms with Gasteiger partial charge in [0.1, 0.15) is 0 Å². The summed E-state index contributed by atoms with van der Waals surface area (Å²) in [7, 11) is 0. The molecule has 1 unspecified atom stereocenters. The molecule has 13 heavy (non-hydrogen) atoms. The Bertz CT molecular complexity index is 220. The highest BCUT2D eigenvalue weighted by Gasteiger charge is 2.53. The van der Waals surface area contributed by atoms with E-state index in [-0.39, 0.29) is 12.0 Å². The van der Waals surface area contributed by atoms with E-state index in [0.717, 1.165) is 25.7 Å². The number of carboxylic acid groups (broad SMARTS) is 1. The van der Waals surface area contributed by atoms with E-state index in [1.807, 2.05) is 0 Å². The summed E-state index contributed by atoms with van der Waals surface area (Å²) in [6.45, 7) is -0.399. The normalized spacial score (nSPS) is 43.5. The average molecular weight is 186 g/mol. The maximum absolute atomic E-state index is 11.0. The van der Waals surface area contributed by atoms with Gasteiger partial charge in [-0.1, -0.05) is 0 Å². The molecule has 4 heteroatoms. The molecular formula is C9H14O4. The van der Waals surface area contributed by atoms with Gasteiger partial charge in [0.25, 0.3) is 0 Å². The van der Waals surface area contributed by atoms with E-state index in [4.69, 9.17) is 14.9 Å². The van der Waals surface area contributed by atoms with E-state index in [1.165, 1.54) is 0 Å². The number of carboxylic acids is 1. The van der Waals surface area contributed by atoms with Crippen LogP contribution in [0, 0.1) is 5.92 Å². The van der Waals surface area contributed by atoms with E-state index >= 15 is 0 Å². The smallest absolute Gasteiger partial charge is 0.338 e. The number of hydrogen-bond acceptors (Lipinski definition) is 3. The molecule has 4 nitrogen and oxygen atoms in total. The molecule has 74 valence electrons. The molecule has 0 aromatic heterocycles. The first-order valence-electron chi connectivity index (χ1n) is 4.71. The maximum atomic E-state index is 11.0. The number of ether oxygens (including phenoxy) is 1. The molecule has 3 rings (SSSR count). The quantitative estimate of drug-likeness (QED) is 0.654. The molecule has 3 fully saturated rings. The van der Waals surface area contributed by atoms with Crippen LogP contribution in [-0.4, -0.2) is 34.5 Å². The molecule has 2 heterocycles. The van der Waals surface area contributed by atoms with Gasteiger partial charge in [0.2, 0.25) is 0 Å². The van der Waals surface area contributed by atoms with Gasteiger partial charge < -0.3 is 14.9 Å². The molecule has 0 spiro atoms. The van der Waals surface area contributed by atoms with Gasteiger partial charge in [-0.2, -0.15) is 0 Å². The van der Waals surface area contributed by atoms with Crippen LogP contribution in [0.15, 0.2) is 0 Å². The Labute approximate surface area is 76.5 Å². The van der Waals surface area contributed by atoms with Gasteiger partial charge in [0.15, 0.2) is 5.60 Å². The number of hydrogen-bond donors (Lipinski definition) is 2. The SMILES string of the molecule is O=C(O)C1(CO)OC2CCC1CC2. The number of aliphatic carboxylic acids is 1. The Morgan fingerprint density at radius 2 is 2.00 bits per heavy atom. The summed E-state index contributed by atoms with van der Waals surface area (Å²) < 4.78 is 5.43.